The van der Waals surface area contributed by atoms with E-state index in [1.807, 2.05) is 47.0 Å². The first kappa shape index (κ1) is 19.9. The van der Waals surface area contributed by atoms with Gasteiger partial charge in [0.05, 0.1) is 34.1 Å². The van der Waals surface area contributed by atoms with E-state index < -0.39 is 0 Å². The summed E-state index contributed by atoms with van der Waals surface area (Å²) in [6, 6.07) is 7.38. The Hall–Kier alpha value is -2.35. The van der Waals surface area contributed by atoms with Crippen LogP contribution in [0.2, 0.25) is 5.02 Å². The van der Waals surface area contributed by atoms with Gasteiger partial charge in [0.15, 0.2) is 0 Å². The van der Waals surface area contributed by atoms with Gasteiger partial charge in [0.1, 0.15) is 5.75 Å². The average Bonchev–Trinajstić information content (AvgIpc) is 3.40. The lowest BCUT2D eigenvalue weighted by molar-refractivity contribution is 0.0624. The fraction of sp³-hybridized carbons (Fsp3) is 0.333. The predicted molar refractivity (Wildman–Crippen MR) is 115 cm³/mol. The Morgan fingerprint density at radius 1 is 1.21 bits per heavy atom. The first-order valence-electron chi connectivity index (χ1n) is 9.48. The number of hydrogen-bond acceptors (Lipinski definition) is 5. The van der Waals surface area contributed by atoms with Gasteiger partial charge in [-0.05, 0) is 25.1 Å². The molecule has 6 nitrogen and oxygen atoms in total. The summed E-state index contributed by atoms with van der Waals surface area (Å²) in [6.07, 6.45) is 3.82. The zero-order valence-corrected chi connectivity index (χ0v) is 18.0. The number of aryl methyl sites for hydroxylation is 1. The van der Waals surface area contributed by atoms with Crippen LogP contribution in [-0.2, 0) is 6.54 Å². The maximum absolute atomic E-state index is 13.1. The molecule has 152 valence electrons. The van der Waals surface area contributed by atoms with Gasteiger partial charge in [-0.1, -0.05) is 11.6 Å². The van der Waals surface area contributed by atoms with Crippen LogP contribution < -0.4 is 4.74 Å². The molecule has 29 heavy (non-hydrogen) atoms. The number of carbonyl (C=O) groups excluding carboxylic acids is 1. The predicted octanol–water partition coefficient (Wildman–Crippen LogP) is 3.86. The maximum Gasteiger partial charge on any atom is 0.257 e. The number of thiazole rings is 1. The maximum atomic E-state index is 13.1. The van der Waals surface area contributed by atoms with Crippen LogP contribution in [0.15, 0.2) is 42.0 Å². The van der Waals surface area contributed by atoms with E-state index in [4.69, 9.17) is 16.3 Å². The van der Waals surface area contributed by atoms with Crippen molar-refractivity contribution in [3.8, 4) is 11.4 Å². The molecule has 0 radical (unpaired) electrons. The van der Waals surface area contributed by atoms with Crippen molar-refractivity contribution in [1.29, 1.82) is 0 Å². The highest BCUT2D eigenvalue weighted by molar-refractivity contribution is 7.09. The van der Waals surface area contributed by atoms with Crippen molar-refractivity contribution >= 4 is 28.8 Å². The molecule has 1 aliphatic rings. The summed E-state index contributed by atoms with van der Waals surface area (Å²) in [6.45, 7) is 5.82. The smallest absolute Gasteiger partial charge is 0.257 e. The lowest BCUT2D eigenvalue weighted by Crippen LogP contribution is -2.48. The zero-order chi connectivity index (χ0) is 20.4. The van der Waals surface area contributed by atoms with E-state index in [9.17, 15) is 4.79 Å². The number of benzene rings is 1. The number of halogens is 1. The quantitative estimate of drug-likeness (QED) is 0.616. The Kier molecular flexibility index (Phi) is 5.89. The molecule has 1 saturated heterocycles. The van der Waals surface area contributed by atoms with Crippen LogP contribution in [0.3, 0.4) is 0 Å². The molecule has 1 aliphatic heterocycles. The Morgan fingerprint density at radius 3 is 2.55 bits per heavy atom. The molecule has 4 rings (SSSR count). The van der Waals surface area contributed by atoms with E-state index in [1.165, 1.54) is 0 Å². The lowest BCUT2D eigenvalue weighted by atomic mass is 10.1. The number of aromatic nitrogens is 2. The minimum atomic E-state index is -0.0491. The Morgan fingerprint density at radius 2 is 1.93 bits per heavy atom. The lowest BCUT2D eigenvalue weighted by Gasteiger charge is -2.34. The summed E-state index contributed by atoms with van der Waals surface area (Å²) in [5.74, 6) is 0.482. The third-order valence-corrected chi connectivity index (χ3v) is 6.22. The Labute approximate surface area is 179 Å². The summed E-state index contributed by atoms with van der Waals surface area (Å²) >= 11 is 8.16. The van der Waals surface area contributed by atoms with Gasteiger partial charge in [0, 0.05) is 56.6 Å². The van der Waals surface area contributed by atoms with Crippen molar-refractivity contribution in [3.63, 3.8) is 0 Å². The molecule has 1 amide bonds. The number of rotatable bonds is 5. The van der Waals surface area contributed by atoms with Gasteiger partial charge in [0.2, 0.25) is 0 Å². The number of carbonyl (C=O) groups is 1. The first-order chi connectivity index (χ1) is 14.0. The minimum Gasteiger partial charge on any atom is -0.496 e. The van der Waals surface area contributed by atoms with E-state index in [-0.39, 0.29) is 5.91 Å². The molecule has 0 bridgehead atoms. The molecular formula is C21H23ClN4O2S. The molecule has 3 aromatic rings. The Balaban J connectivity index is 1.46. The summed E-state index contributed by atoms with van der Waals surface area (Å²) in [5.41, 5.74) is 2.38. The molecule has 1 aromatic carbocycles. The fourth-order valence-electron chi connectivity index (χ4n) is 3.56. The molecule has 0 atom stereocenters. The highest BCUT2D eigenvalue weighted by Gasteiger charge is 2.26. The fourth-order valence-corrected chi connectivity index (χ4v) is 4.43. The second-order valence-electron chi connectivity index (χ2n) is 7.02. The van der Waals surface area contributed by atoms with Crippen molar-refractivity contribution in [2.24, 2.45) is 0 Å². The van der Waals surface area contributed by atoms with Gasteiger partial charge in [-0.2, -0.15) is 0 Å². The second-order valence-corrected chi connectivity index (χ2v) is 8.49. The van der Waals surface area contributed by atoms with Crippen molar-refractivity contribution in [2.75, 3.05) is 33.3 Å². The van der Waals surface area contributed by atoms with E-state index in [2.05, 4.69) is 15.3 Å². The van der Waals surface area contributed by atoms with Crippen LogP contribution in [0.25, 0.3) is 5.69 Å². The van der Waals surface area contributed by atoms with Gasteiger partial charge in [-0.25, -0.2) is 4.98 Å². The summed E-state index contributed by atoms with van der Waals surface area (Å²) in [7, 11) is 1.58. The molecular weight excluding hydrogens is 408 g/mol. The van der Waals surface area contributed by atoms with Crippen LogP contribution in [0.1, 0.15) is 21.1 Å². The molecule has 0 unspecified atom stereocenters. The molecule has 3 heterocycles. The molecule has 0 aliphatic carbocycles. The monoisotopic (exact) mass is 430 g/mol. The molecule has 0 saturated carbocycles. The molecule has 1 fully saturated rings. The number of ether oxygens (including phenoxy) is 1. The summed E-state index contributed by atoms with van der Waals surface area (Å²) in [5, 5.41) is 3.70. The number of hydrogen-bond donors (Lipinski definition) is 0. The van der Waals surface area contributed by atoms with Crippen molar-refractivity contribution in [3.05, 3.63) is 63.3 Å². The SMILES string of the molecule is COc1cc(-n2cccc2)c(Cl)cc1C(=O)N1CCN(Cc2csc(C)n2)CC1. The van der Waals surface area contributed by atoms with Crippen LogP contribution in [0.4, 0.5) is 0 Å². The van der Waals surface area contributed by atoms with Gasteiger partial charge in [0.25, 0.3) is 5.91 Å². The number of piperazine rings is 1. The van der Waals surface area contributed by atoms with E-state index in [1.54, 1.807) is 24.5 Å². The van der Waals surface area contributed by atoms with E-state index in [0.717, 1.165) is 36.0 Å². The average molecular weight is 431 g/mol. The van der Waals surface area contributed by atoms with Gasteiger partial charge < -0.3 is 14.2 Å². The third kappa shape index (κ3) is 4.32. The number of amides is 1. The van der Waals surface area contributed by atoms with E-state index >= 15 is 0 Å². The van der Waals surface area contributed by atoms with Crippen LogP contribution in [0, 0.1) is 6.92 Å². The van der Waals surface area contributed by atoms with Crippen molar-refractivity contribution in [2.45, 2.75) is 13.5 Å². The second kappa shape index (κ2) is 8.57. The standard InChI is InChI=1S/C21H23ClN4O2S/c1-15-23-16(14-29-15)13-24-7-9-26(10-8-24)21(27)17-11-18(22)19(12-20(17)28-2)25-5-3-4-6-25/h3-6,11-12,14H,7-10,13H2,1-2H3. The minimum absolute atomic E-state index is 0.0491. The Bertz CT molecular complexity index is 994. The highest BCUT2D eigenvalue weighted by atomic mass is 35.5. The third-order valence-electron chi connectivity index (χ3n) is 5.09. The van der Waals surface area contributed by atoms with E-state index in [0.29, 0.717) is 29.4 Å². The van der Waals surface area contributed by atoms with Crippen LogP contribution in [0.5, 0.6) is 5.75 Å². The number of methoxy groups -OCH3 is 1. The van der Waals surface area contributed by atoms with Gasteiger partial charge >= 0.3 is 0 Å². The highest BCUT2D eigenvalue weighted by Crippen LogP contribution is 2.31. The summed E-state index contributed by atoms with van der Waals surface area (Å²) < 4.78 is 7.42. The normalized spacial score (nSPS) is 14.9. The first-order valence-corrected chi connectivity index (χ1v) is 10.7. The zero-order valence-electron chi connectivity index (χ0n) is 16.5. The molecule has 0 N–H and O–H groups in total. The number of nitrogens with zero attached hydrogens (tertiary/aromatic N) is 4. The molecule has 8 heteroatoms. The topological polar surface area (TPSA) is 50.6 Å². The largest absolute Gasteiger partial charge is 0.496 e. The molecule has 2 aromatic heterocycles. The van der Waals surface area contributed by atoms with Crippen LogP contribution >= 0.6 is 22.9 Å². The van der Waals surface area contributed by atoms with Crippen molar-refractivity contribution < 1.29 is 9.53 Å². The van der Waals surface area contributed by atoms with Gasteiger partial charge in [-0.3, -0.25) is 9.69 Å². The van der Waals surface area contributed by atoms with Gasteiger partial charge in [-0.15, -0.1) is 11.3 Å². The molecule has 0 spiro atoms. The summed E-state index contributed by atoms with van der Waals surface area (Å²) in [4.78, 5) is 21.9. The van der Waals surface area contributed by atoms with Crippen molar-refractivity contribution in [1.82, 2.24) is 19.4 Å². The van der Waals surface area contributed by atoms with Crippen LogP contribution in [-0.4, -0.2) is 58.5 Å².